The first-order valence-corrected chi connectivity index (χ1v) is 6.65. The van der Waals surface area contributed by atoms with E-state index in [1.165, 1.54) is 6.07 Å². The predicted octanol–water partition coefficient (Wildman–Crippen LogP) is 3.02. The van der Waals surface area contributed by atoms with Crippen LogP contribution in [0.2, 0.25) is 0 Å². The van der Waals surface area contributed by atoms with Gasteiger partial charge in [-0.1, -0.05) is 6.07 Å². The van der Waals surface area contributed by atoms with Gasteiger partial charge in [-0.25, -0.2) is 4.39 Å². The van der Waals surface area contributed by atoms with Crippen molar-refractivity contribution in [2.24, 2.45) is 5.92 Å². The number of hydrogen-bond donors (Lipinski definition) is 0. The van der Waals surface area contributed by atoms with Gasteiger partial charge in [0.25, 0.3) is 0 Å². The second kappa shape index (κ2) is 5.49. The molecule has 104 valence electrons. The number of methoxy groups -OCH3 is 1. The van der Waals surface area contributed by atoms with E-state index in [9.17, 15) is 4.39 Å². The molecule has 0 unspecified atom stereocenters. The van der Waals surface area contributed by atoms with Crippen molar-refractivity contribution in [2.75, 3.05) is 13.7 Å². The maximum absolute atomic E-state index is 13.6. The minimum absolute atomic E-state index is 0.243. The molecule has 0 bridgehead atoms. The summed E-state index contributed by atoms with van der Waals surface area (Å²) in [5, 5.41) is 0. The van der Waals surface area contributed by atoms with Crippen LogP contribution in [-0.4, -0.2) is 18.7 Å². The van der Waals surface area contributed by atoms with E-state index >= 15 is 0 Å². The molecule has 2 heterocycles. The number of rotatable bonds is 3. The van der Waals surface area contributed by atoms with E-state index in [4.69, 9.17) is 9.47 Å². The van der Waals surface area contributed by atoms with Gasteiger partial charge in [-0.05, 0) is 36.6 Å². The number of nitrogens with zero attached hydrogens (tertiary/aromatic N) is 1. The minimum atomic E-state index is -0.243. The van der Waals surface area contributed by atoms with Gasteiger partial charge in [0, 0.05) is 18.2 Å². The van der Waals surface area contributed by atoms with Gasteiger partial charge in [0.15, 0.2) is 0 Å². The fourth-order valence-electron chi connectivity index (χ4n) is 2.52. The molecule has 1 aliphatic rings. The second-order valence-electron chi connectivity index (χ2n) is 4.99. The Kier molecular flexibility index (Phi) is 3.54. The summed E-state index contributed by atoms with van der Waals surface area (Å²) in [5.74, 6) is 1.66. The quantitative estimate of drug-likeness (QED) is 0.861. The van der Waals surface area contributed by atoms with Crippen LogP contribution in [-0.2, 0) is 12.8 Å². The lowest BCUT2D eigenvalue weighted by molar-refractivity contribution is 0.218. The molecule has 1 atom stereocenters. The minimum Gasteiger partial charge on any atom is -0.497 e. The lowest BCUT2D eigenvalue weighted by atomic mass is 9.92. The molecule has 0 radical (unpaired) electrons. The molecular formula is C16H16FNO2. The van der Waals surface area contributed by atoms with Crippen molar-refractivity contribution in [1.29, 1.82) is 0 Å². The van der Waals surface area contributed by atoms with Gasteiger partial charge in [0.2, 0.25) is 0 Å². The predicted molar refractivity (Wildman–Crippen MR) is 73.6 cm³/mol. The Balaban J connectivity index is 1.74. The number of halogens is 1. The standard InChI is InChI=1S/C16H16FNO2/c1-19-13-5-4-12-7-11(10-20-16(12)9-13)8-15-14(17)3-2-6-18-15/h2-6,9,11H,7-8,10H2,1H3/t11-/m1/s1. The summed E-state index contributed by atoms with van der Waals surface area (Å²) in [6, 6.07) is 8.89. The summed E-state index contributed by atoms with van der Waals surface area (Å²) in [6.45, 7) is 0.580. The van der Waals surface area contributed by atoms with Gasteiger partial charge >= 0.3 is 0 Å². The molecule has 3 rings (SSSR count). The van der Waals surface area contributed by atoms with Crippen molar-refractivity contribution in [3.8, 4) is 11.5 Å². The van der Waals surface area contributed by atoms with Gasteiger partial charge in [0.1, 0.15) is 17.3 Å². The molecule has 3 nitrogen and oxygen atoms in total. The van der Waals surface area contributed by atoms with E-state index in [1.54, 1.807) is 19.4 Å². The highest BCUT2D eigenvalue weighted by atomic mass is 19.1. The van der Waals surface area contributed by atoms with Crippen LogP contribution < -0.4 is 9.47 Å². The van der Waals surface area contributed by atoms with Crippen LogP contribution in [0.5, 0.6) is 11.5 Å². The third-order valence-corrected chi connectivity index (χ3v) is 3.57. The zero-order valence-electron chi connectivity index (χ0n) is 11.3. The summed E-state index contributed by atoms with van der Waals surface area (Å²) in [5.41, 5.74) is 1.65. The zero-order chi connectivity index (χ0) is 13.9. The van der Waals surface area contributed by atoms with Crippen LogP contribution in [0, 0.1) is 11.7 Å². The lowest BCUT2D eigenvalue weighted by Gasteiger charge is -2.25. The SMILES string of the molecule is COc1ccc2c(c1)OC[C@@H](Cc1ncccc1F)C2. The average Bonchev–Trinajstić information content (AvgIpc) is 2.49. The normalized spacial score (nSPS) is 17.2. The van der Waals surface area contributed by atoms with Crippen LogP contribution >= 0.6 is 0 Å². The molecule has 1 aromatic heterocycles. The van der Waals surface area contributed by atoms with Gasteiger partial charge in [0.05, 0.1) is 19.4 Å². The molecule has 1 aliphatic heterocycles. The average molecular weight is 273 g/mol. The molecule has 2 aromatic rings. The topological polar surface area (TPSA) is 31.4 Å². The van der Waals surface area contributed by atoms with Crippen molar-refractivity contribution in [2.45, 2.75) is 12.8 Å². The van der Waals surface area contributed by atoms with E-state index < -0.39 is 0 Å². The largest absolute Gasteiger partial charge is 0.497 e. The van der Waals surface area contributed by atoms with E-state index in [1.807, 2.05) is 18.2 Å². The maximum Gasteiger partial charge on any atom is 0.144 e. The summed E-state index contributed by atoms with van der Waals surface area (Å²) < 4.78 is 24.6. The Morgan fingerprint density at radius 3 is 3.10 bits per heavy atom. The first kappa shape index (κ1) is 12.9. The lowest BCUT2D eigenvalue weighted by Crippen LogP contribution is -2.23. The highest BCUT2D eigenvalue weighted by molar-refractivity contribution is 5.42. The Hall–Kier alpha value is -2.10. The molecule has 1 aromatic carbocycles. The molecule has 0 aliphatic carbocycles. The fraction of sp³-hybridized carbons (Fsp3) is 0.312. The van der Waals surface area contributed by atoms with Gasteiger partial charge in [-0.3, -0.25) is 4.98 Å². The van der Waals surface area contributed by atoms with Crippen LogP contribution in [0.15, 0.2) is 36.5 Å². The molecule has 0 saturated heterocycles. The van der Waals surface area contributed by atoms with Gasteiger partial charge < -0.3 is 9.47 Å². The summed E-state index contributed by atoms with van der Waals surface area (Å²) in [4.78, 5) is 4.11. The molecule has 20 heavy (non-hydrogen) atoms. The number of benzene rings is 1. The Bertz CT molecular complexity index is 615. The van der Waals surface area contributed by atoms with Crippen molar-refractivity contribution in [3.05, 3.63) is 53.6 Å². The molecule has 4 heteroatoms. The van der Waals surface area contributed by atoms with E-state index in [2.05, 4.69) is 4.98 Å². The van der Waals surface area contributed by atoms with Crippen molar-refractivity contribution < 1.29 is 13.9 Å². The van der Waals surface area contributed by atoms with E-state index in [0.717, 1.165) is 23.5 Å². The molecular weight excluding hydrogens is 257 g/mol. The third kappa shape index (κ3) is 2.59. The molecule has 0 N–H and O–H groups in total. The summed E-state index contributed by atoms with van der Waals surface area (Å²) in [7, 11) is 1.64. The molecule has 0 spiro atoms. The van der Waals surface area contributed by atoms with E-state index in [0.29, 0.717) is 18.7 Å². The first-order chi connectivity index (χ1) is 9.76. The van der Waals surface area contributed by atoms with Crippen LogP contribution in [0.1, 0.15) is 11.3 Å². The molecule has 0 fully saturated rings. The third-order valence-electron chi connectivity index (χ3n) is 3.57. The number of fused-ring (bicyclic) bond motifs is 1. The Morgan fingerprint density at radius 1 is 1.40 bits per heavy atom. The van der Waals surface area contributed by atoms with Crippen LogP contribution in [0.25, 0.3) is 0 Å². The molecule has 0 saturated carbocycles. The zero-order valence-corrected chi connectivity index (χ0v) is 11.3. The summed E-state index contributed by atoms with van der Waals surface area (Å²) >= 11 is 0. The van der Waals surface area contributed by atoms with Crippen LogP contribution in [0.3, 0.4) is 0 Å². The monoisotopic (exact) mass is 273 g/mol. The van der Waals surface area contributed by atoms with Gasteiger partial charge in [-0.2, -0.15) is 0 Å². The number of ether oxygens (including phenoxy) is 2. The number of aromatic nitrogens is 1. The fourth-order valence-corrected chi connectivity index (χ4v) is 2.52. The highest BCUT2D eigenvalue weighted by Crippen LogP contribution is 2.32. The highest BCUT2D eigenvalue weighted by Gasteiger charge is 2.22. The summed E-state index contributed by atoms with van der Waals surface area (Å²) in [6.07, 6.45) is 3.09. The maximum atomic E-state index is 13.6. The smallest absolute Gasteiger partial charge is 0.144 e. The van der Waals surface area contributed by atoms with Crippen molar-refractivity contribution in [1.82, 2.24) is 4.98 Å². The second-order valence-corrected chi connectivity index (χ2v) is 4.99. The van der Waals surface area contributed by atoms with Gasteiger partial charge in [-0.15, -0.1) is 0 Å². The molecule has 0 amide bonds. The Labute approximate surface area is 117 Å². The van der Waals surface area contributed by atoms with Crippen molar-refractivity contribution >= 4 is 0 Å². The Morgan fingerprint density at radius 2 is 2.30 bits per heavy atom. The van der Waals surface area contributed by atoms with Crippen LogP contribution in [0.4, 0.5) is 4.39 Å². The van der Waals surface area contributed by atoms with E-state index in [-0.39, 0.29) is 11.7 Å². The van der Waals surface area contributed by atoms with Crippen molar-refractivity contribution in [3.63, 3.8) is 0 Å². The number of hydrogen-bond acceptors (Lipinski definition) is 3. The number of pyridine rings is 1. The first-order valence-electron chi connectivity index (χ1n) is 6.65.